The number of hydrogen-bond acceptors (Lipinski definition) is 1. The Hall–Kier alpha value is -1.57. The zero-order valence-corrected chi connectivity index (χ0v) is 10.0. The first kappa shape index (κ1) is 10.9. The average Bonchev–Trinajstić information content (AvgIpc) is 2.60. The largest absolute Gasteiger partial charge is 0.347 e. The van der Waals surface area contributed by atoms with Crippen molar-refractivity contribution in [2.75, 3.05) is 0 Å². The van der Waals surface area contributed by atoms with Crippen LogP contribution in [0.5, 0.6) is 0 Å². The van der Waals surface area contributed by atoms with Crippen LogP contribution in [0.15, 0.2) is 30.5 Å². The Kier molecular flexibility index (Phi) is 2.82. The van der Waals surface area contributed by atoms with E-state index in [2.05, 4.69) is 30.7 Å². The highest BCUT2D eigenvalue weighted by molar-refractivity contribution is 5.97. The number of Topliss-reactive ketones (excluding diaryl/α,β-unsaturated/α-hetero) is 1. The topological polar surface area (TPSA) is 22.0 Å². The van der Waals surface area contributed by atoms with Crippen molar-refractivity contribution in [1.29, 1.82) is 0 Å². The minimum Gasteiger partial charge on any atom is -0.347 e. The van der Waals surface area contributed by atoms with Gasteiger partial charge in [0.1, 0.15) is 0 Å². The van der Waals surface area contributed by atoms with Gasteiger partial charge >= 0.3 is 0 Å². The lowest BCUT2D eigenvalue weighted by atomic mass is 10.1. The molecule has 0 atom stereocenters. The summed E-state index contributed by atoms with van der Waals surface area (Å²) in [5.74, 6) is 0.732. The van der Waals surface area contributed by atoms with Crippen LogP contribution in [0.3, 0.4) is 0 Å². The molecule has 0 bridgehead atoms. The van der Waals surface area contributed by atoms with E-state index in [9.17, 15) is 4.79 Å². The molecule has 2 rings (SSSR count). The Morgan fingerprint density at radius 3 is 2.69 bits per heavy atom. The van der Waals surface area contributed by atoms with Gasteiger partial charge in [0.25, 0.3) is 0 Å². The van der Waals surface area contributed by atoms with Crippen LogP contribution in [-0.2, 0) is 6.54 Å². The van der Waals surface area contributed by atoms with Crippen LogP contribution >= 0.6 is 0 Å². The maximum Gasteiger partial charge on any atom is 0.159 e. The van der Waals surface area contributed by atoms with E-state index in [-0.39, 0.29) is 5.78 Å². The van der Waals surface area contributed by atoms with Crippen LogP contribution in [0.4, 0.5) is 0 Å². The molecular weight excluding hydrogens is 198 g/mol. The van der Waals surface area contributed by atoms with Crippen molar-refractivity contribution < 1.29 is 4.79 Å². The van der Waals surface area contributed by atoms with Crippen LogP contribution in [0.25, 0.3) is 10.9 Å². The fraction of sp³-hybridized carbons (Fsp3) is 0.357. The van der Waals surface area contributed by atoms with Crippen molar-refractivity contribution in [2.24, 2.45) is 5.92 Å². The van der Waals surface area contributed by atoms with Gasteiger partial charge in [-0.3, -0.25) is 4.79 Å². The molecule has 2 aromatic rings. The number of carbonyl (C=O) groups is 1. The number of benzene rings is 1. The van der Waals surface area contributed by atoms with E-state index in [1.54, 1.807) is 6.92 Å². The maximum absolute atomic E-state index is 11.3. The van der Waals surface area contributed by atoms with Gasteiger partial charge in [0.05, 0.1) is 0 Å². The van der Waals surface area contributed by atoms with Gasteiger partial charge in [0, 0.05) is 23.8 Å². The molecule has 0 radical (unpaired) electrons. The zero-order valence-electron chi connectivity index (χ0n) is 10.0. The summed E-state index contributed by atoms with van der Waals surface area (Å²) in [5.41, 5.74) is 1.94. The van der Waals surface area contributed by atoms with Crippen LogP contribution in [0.2, 0.25) is 0 Å². The third-order valence-corrected chi connectivity index (χ3v) is 2.74. The fourth-order valence-electron chi connectivity index (χ4n) is 1.96. The molecule has 84 valence electrons. The van der Waals surface area contributed by atoms with Crippen molar-refractivity contribution in [3.63, 3.8) is 0 Å². The Bertz CT molecular complexity index is 523. The van der Waals surface area contributed by atoms with E-state index in [4.69, 9.17) is 0 Å². The Morgan fingerprint density at radius 2 is 2.06 bits per heavy atom. The van der Waals surface area contributed by atoms with Gasteiger partial charge in [-0.2, -0.15) is 0 Å². The van der Waals surface area contributed by atoms with Crippen LogP contribution in [0.1, 0.15) is 31.1 Å². The predicted octanol–water partition coefficient (Wildman–Crippen LogP) is 3.50. The van der Waals surface area contributed by atoms with E-state index in [1.165, 1.54) is 5.39 Å². The Balaban J connectivity index is 2.51. The molecule has 1 aromatic heterocycles. The third-order valence-electron chi connectivity index (χ3n) is 2.74. The molecule has 0 aliphatic carbocycles. The van der Waals surface area contributed by atoms with Crippen molar-refractivity contribution in [3.05, 3.63) is 36.0 Å². The first-order valence-corrected chi connectivity index (χ1v) is 5.68. The summed E-state index contributed by atoms with van der Waals surface area (Å²) < 4.78 is 2.21. The average molecular weight is 215 g/mol. The van der Waals surface area contributed by atoms with Crippen molar-refractivity contribution in [2.45, 2.75) is 27.3 Å². The molecule has 0 amide bonds. The molecule has 0 spiro atoms. The number of ketones is 1. The monoisotopic (exact) mass is 215 g/mol. The summed E-state index contributed by atoms with van der Waals surface area (Å²) in [6, 6.07) is 7.99. The normalized spacial score (nSPS) is 11.2. The molecule has 0 saturated carbocycles. The first-order chi connectivity index (χ1) is 7.58. The molecule has 0 saturated heterocycles. The maximum atomic E-state index is 11.3. The van der Waals surface area contributed by atoms with E-state index < -0.39 is 0 Å². The van der Waals surface area contributed by atoms with Crippen molar-refractivity contribution in [1.82, 2.24) is 4.57 Å². The SMILES string of the molecule is CC(=O)c1ccc2ccn(CC(C)C)c2c1. The lowest BCUT2D eigenvalue weighted by Gasteiger charge is -2.08. The summed E-state index contributed by atoms with van der Waals surface area (Å²) in [6.07, 6.45) is 2.09. The van der Waals surface area contributed by atoms with E-state index >= 15 is 0 Å². The van der Waals surface area contributed by atoms with Gasteiger partial charge in [0.15, 0.2) is 5.78 Å². The Morgan fingerprint density at radius 1 is 1.31 bits per heavy atom. The van der Waals surface area contributed by atoms with Crippen LogP contribution in [0, 0.1) is 5.92 Å². The molecule has 0 aliphatic rings. The van der Waals surface area contributed by atoms with Crippen molar-refractivity contribution >= 4 is 16.7 Å². The predicted molar refractivity (Wildman–Crippen MR) is 66.8 cm³/mol. The second-order valence-corrected chi connectivity index (χ2v) is 4.69. The van der Waals surface area contributed by atoms with Gasteiger partial charge in [-0.05, 0) is 30.4 Å². The standard InChI is InChI=1S/C14H17NO/c1-10(2)9-15-7-6-12-4-5-13(11(3)16)8-14(12)15/h4-8,10H,9H2,1-3H3. The Labute approximate surface area is 95.9 Å². The minimum atomic E-state index is 0.124. The molecule has 0 fully saturated rings. The fourth-order valence-corrected chi connectivity index (χ4v) is 1.96. The highest BCUT2D eigenvalue weighted by Crippen LogP contribution is 2.19. The van der Waals surface area contributed by atoms with Gasteiger partial charge in [-0.25, -0.2) is 0 Å². The van der Waals surface area contributed by atoms with Gasteiger partial charge in [-0.1, -0.05) is 26.0 Å². The number of fused-ring (bicyclic) bond motifs is 1. The number of aromatic nitrogens is 1. The summed E-state index contributed by atoms with van der Waals surface area (Å²) >= 11 is 0. The number of hydrogen-bond donors (Lipinski definition) is 0. The molecule has 1 heterocycles. The van der Waals surface area contributed by atoms with E-state index in [1.807, 2.05) is 18.2 Å². The molecule has 2 nitrogen and oxygen atoms in total. The summed E-state index contributed by atoms with van der Waals surface area (Å²) in [4.78, 5) is 11.3. The zero-order chi connectivity index (χ0) is 11.7. The molecule has 2 heteroatoms. The molecule has 0 aliphatic heterocycles. The molecule has 1 aromatic carbocycles. The minimum absolute atomic E-state index is 0.124. The second-order valence-electron chi connectivity index (χ2n) is 4.69. The summed E-state index contributed by atoms with van der Waals surface area (Å²) in [6.45, 7) is 6.99. The lowest BCUT2D eigenvalue weighted by Crippen LogP contribution is -2.03. The highest BCUT2D eigenvalue weighted by atomic mass is 16.1. The van der Waals surface area contributed by atoms with Crippen LogP contribution < -0.4 is 0 Å². The highest BCUT2D eigenvalue weighted by Gasteiger charge is 2.05. The summed E-state index contributed by atoms with van der Waals surface area (Å²) in [7, 11) is 0. The second kappa shape index (κ2) is 4.12. The number of carbonyl (C=O) groups excluding carboxylic acids is 1. The third kappa shape index (κ3) is 2.01. The first-order valence-electron chi connectivity index (χ1n) is 5.68. The van der Waals surface area contributed by atoms with Crippen molar-refractivity contribution in [3.8, 4) is 0 Å². The quantitative estimate of drug-likeness (QED) is 0.718. The molecule has 0 unspecified atom stereocenters. The van der Waals surface area contributed by atoms with E-state index in [0.717, 1.165) is 17.6 Å². The van der Waals surface area contributed by atoms with E-state index in [0.29, 0.717) is 5.92 Å². The number of nitrogens with zero attached hydrogens (tertiary/aromatic N) is 1. The molecular formula is C14H17NO. The summed E-state index contributed by atoms with van der Waals surface area (Å²) in [5, 5.41) is 1.20. The lowest BCUT2D eigenvalue weighted by molar-refractivity contribution is 0.101. The number of rotatable bonds is 3. The molecule has 0 N–H and O–H groups in total. The smallest absolute Gasteiger partial charge is 0.159 e. The van der Waals surface area contributed by atoms with Crippen LogP contribution in [-0.4, -0.2) is 10.4 Å². The molecule has 16 heavy (non-hydrogen) atoms. The van der Waals surface area contributed by atoms with Gasteiger partial charge < -0.3 is 4.57 Å². The van der Waals surface area contributed by atoms with Gasteiger partial charge in [0.2, 0.25) is 0 Å². The van der Waals surface area contributed by atoms with Gasteiger partial charge in [-0.15, -0.1) is 0 Å².